The molecule has 1 atom stereocenters. The highest BCUT2D eigenvalue weighted by atomic mass is 19.1. The summed E-state index contributed by atoms with van der Waals surface area (Å²) in [6.07, 6.45) is 0. The van der Waals surface area contributed by atoms with E-state index in [1.54, 1.807) is 6.92 Å². The maximum Gasteiger partial charge on any atom is 0.123 e. The molecule has 0 saturated carbocycles. The fourth-order valence-electron chi connectivity index (χ4n) is 0.890. The van der Waals surface area contributed by atoms with Crippen molar-refractivity contribution in [1.29, 1.82) is 0 Å². The average molecular weight is 155 g/mol. The van der Waals surface area contributed by atoms with Gasteiger partial charge in [-0.25, -0.2) is 4.39 Å². The molecule has 3 heteroatoms. The zero-order chi connectivity index (χ0) is 8.43. The lowest BCUT2D eigenvalue weighted by molar-refractivity contribution is 0.461. The monoisotopic (exact) mass is 155 g/mol. The van der Waals surface area contributed by atoms with Crippen molar-refractivity contribution in [2.75, 3.05) is 0 Å². The minimum atomic E-state index is -0.380. The first-order valence-electron chi connectivity index (χ1n) is 3.35. The van der Waals surface area contributed by atoms with Crippen LogP contribution in [0.15, 0.2) is 18.2 Å². The number of rotatable bonds is 1. The fourth-order valence-corrected chi connectivity index (χ4v) is 0.890. The van der Waals surface area contributed by atoms with Gasteiger partial charge in [-0.2, -0.15) is 0 Å². The van der Waals surface area contributed by atoms with Crippen molar-refractivity contribution in [3.63, 3.8) is 0 Å². The first kappa shape index (κ1) is 8.01. The minimum absolute atomic E-state index is 0.0430. The van der Waals surface area contributed by atoms with E-state index in [-0.39, 0.29) is 17.6 Å². The van der Waals surface area contributed by atoms with Crippen LogP contribution in [0.1, 0.15) is 18.5 Å². The van der Waals surface area contributed by atoms with Crippen LogP contribution in [-0.2, 0) is 0 Å². The van der Waals surface area contributed by atoms with E-state index in [1.165, 1.54) is 18.2 Å². The van der Waals surface area contributed by atoms with E-state index in [2.05, 4.69) is 0 Å². The van der Waals surface area contributed by atoms with Crippen molar-refractivity contribution in [2.45, 2.75) is 13.0 Å². The minimum Gasteiger partial charge on any atom is -0.508 e. The highest BCUT2D eigenvalue weighted by Crippen LogP contribution is 2.22. The number of halogens is 1. The van der Waals surface area contributed by atoms with Crippen molar-refractivity contribution >= 4 is 0 Å². The summed E-state index contributed by atoms with van der Waals surface area (Å²) >= 11 is 0. The maximum absolute atomic E-state index is 12.5. The van der Waals surface area contributed by atoms with Gasteiger partial charge in [-0.05, 0) is 25.1 Å². The predicted octanol–water partition coefficient (Wildman–Crippen LogP) is 1.55. The van der Waals surface area contributed by atoms with Gasteiger partial charge in [0.1, 0.15) is 11.6 Å². The van der Waals surface area contributed by atoms with Crippen LogP contribution in [0.4, 0.5) is 4.39 Å². The summed E-state index contributed by atoms with van der Waals surface area (Å²) in [5, 5.41) is 9.16. The van der Waals surface area contributed by atoms with Gasteiger partial charge in [-0.1, -0.05) is 0 Å². The number of aromatic hydroxyl groups is 1. The van der Waals surface area contributed by atoms with Crippen molar-refractivity contribution in [3.8, 4) is 5.75 Å². The lowest BCUT2D eigenvalue weighted by atomic mass is 10.1. The third-order valence-electron chi connectivity index (χ3n) is 1.48. The molecule has 0 aliphatic carbocycles. The maximum atomic E-state index is 12.5. The SMILES string of the molecule is C[C@H](N)c1cc(F)ccc1O. The summed E-state index contributed by atoms with van der Waals surface area (Å²) in [6, 6.07) is 3.39. The van der Waals surface area contributed by atoms with Crippen LogP contribution in [0, 0.1) is 5.82 Å². The standard InChI is InChI=1S/C8H10FNO/c1-5(10)7-4-6(9)2-3-8(7)11/h2-5,11H,10H2,1H3/t5-/m0/s1. The van der Waals surface area contributed by atoms with Gasteiger partial charge in [0.15, 0.2) is 0 Å². The van der Waals surface area contributed by atoms with E-state index >= 15 is 0 Å². The van der Waals surface area contributed by atoms with Gasteiger partial charge in [0.2, 0.25) is 0 Å². The molecule has 0 aromatic heterocycles. The molecular formula is C8H10FNO. The van der Waals surface area contributed by atoms with Gasteiger partial charge in [0.25, 0.3) is 0 Å². The van der Waals surface area contributed by atoms with Crippen LogP contribution in [0.2, 0.25) is 0 Å². The van der Waals surface area contributed by atoms with E-state index in [9.17, 15) is 4.39 Å². The molecule has 0 heterocycles. The molecule has 0 bridgehead atoms. The molecule has 0 spiro atoms. The summed E-state index contributed by atoms with van der Waals surface area (Å²) in [4.78, 5) is 0. The Morgan fingerprint density at radius 2 is 2.18 bits per heavy atom. The molecule has 60 valence electrons. The Bertz CT molecular complexity index is 260. The topological polar surface area (TPSA) is 46.2 Å². The van der Waals surface area contributed by atoms with E-state index in [0.717, 1.165) is 0 Å². The van der Waals surface area contributed by atoms with Crippen LogP contribution in [-0.4, -0.2) is 5.11 Å². The molecule has 0 radical (unpaired) electrons. The second-order valence-corrected chi connectivity index (χ2v) is 2.49. The summed E-state index contributed by atoms with van der Waals surface area (Å²) < 4.78 is 12.5. The number of hydrogen-bond acceptors (Lipinski definition) is 2. The van der Waals surface area contributed by atoms with Crippen LogP contribution >= 0.6 is 0 Å². The largest absolute Gasteiger partial charge is 0.508 e. The summed E-state index contributed by atoms with van der Waals surface area (Å²) in [7, 11) is 0. The number of benzene rings is 1. The number of nitrogens with two attached hydrogens (primary N) is 1. The van der Waals surface area contributed by atoms with Crippen molar-refractivity contribution < 1.29 is 9.50 Å². The number of phenols is 1. The molecule has 2 nitrogen and oxygen atoms in total. The fraction of sp³-hybridized carbons (Fsp3) is 0.250. The van der Waals surface area contributed by atoms with E-state index in [1.807, 2.05) is 0 Å². The highest BCUT2D eigenvalue weighted by molar-refractivity contribution is 5.34. The Morgan fingerprint density at radius 3 is 2.64 bits per heavy atom. The molecule has 0 saturated heterocycles. The molecule has 0 unspecified atom stereocenters. The van der Waals surface area contributed by atoms with Crippen LogP contribution in [0.3, 0.4) is 0 Å². The van der Waals surface area contributed by atoms with E-state index in [0.29, 0.717) is 5.56 Å². The Balaban J connectivity index is 3.13. The van der Waals surface area contributed by atoms with Gasteiger partial charge in [0.05, 0.1) is 0 Å². The third-order valence-corrected chi connectivity index (χ3v) is 1.48. The molecule has 0 aliphatic heterocycles. The number of phenolic OH excluding ortho intramolecular Hbond substituents is 1. The average Bonchev–Trinajstić information content (AvgIpc) is 1.94. The summed E-state index contributed by atoms with van der Waals surface area (Å²) in [5.74, 6) is -0.337. The Labute approximate surface area is 64.5 Å². The second-order valence-electron chi connectivity index (χ2n) is 2.49. The molecular weight excluding hydrogens is 145 g/mol. The van der Waals surface area contributed by atoms with Crippen LogP contribution in [0.25, 0.3) is 0 Å². The molecule has 11 heavy (non-hydrogen) atoms. The predicted molar refractivity (Wildman–Crippen MR) is 40.7 cm³/mol. The lowest BCUT2D eigenvalue weighted by Gasteiger charge is -2.07. The van der Waals surface area contributed by atoms with E-state index < -0.39 is 0 Å². The summed E-state index contributed by atoms with van der Waals surface area (Å²) in [5.41, 5.74) is 5.89. The zero-order valence-electron chi connectivity index (χ0n) is 6.21. The van der Waals surface area contributed by atoms with E-state index in [4.69, 9.17) is 10.8 Å². The zero-order valence-corrected chi connectivity index (χ0v) is 6.21. The molecule has 0 fully saturated rings. The van der Waals surface area contributed by atoms with Gasteiger partial charge in [-0.15, -0.1) is 0 Å². The Kier molecular flexibility index (Phi) is 2.10. The summed E-state index contributed by atoms with van der Waals surface area (Å²) in [6.45, 7) is 1.69. The van der Waals surface area contributed by atoms with Crippen molar-refractivity contribution in [3.05, 3.63) is 29.6 Å². The van der Waals surface area contributed by atoms with Crippen molar-refractivity contribution in [2.24, 2.45) is 5.73 Å². The molecule has 0 amide bonds. The van der Waals surface area contributed by atoms with Crippen LogP contribution < -0.4 is 5.73 Å². The molecule has 1 rings (SSSR count). The first-order valence-corrected chi connectivity index (χ1v) is 3.35. The molecule has 1 aromatic carbocycles. The Morgan fingerprint density at radius 1 is 1.55 bits per heavy atom. The van der Waals surface area contributed by atoms with Gasteiger partial charge in [-0.3, -0.25) is 0 Å². The first-order chi connectivity index (χ1) is 5.11. The molecule has 3 N–H and O–H groups in total. The van der Waals surface area contributed by atoms with Gasteiger partial charge >= 0.3 is 0 Å². The molecule has 0 aliphatic rings. The normalized spacial score (nSPS) is 13.0. The third kappa shape index (κ3) is 1.68. The second kappa shape index (κ2) is 2.88. The van der Waals surface area contributed by atoms with Gasteiger partial charge in [0, 0.05) is 11.6 Å². The molecule has 1 aromatic rings. The Hall–Kier alpha value is -1.09. The lowest BCUT2D eigenvalue weighted by Crippen LogP contribution is -2.05. The van der Waals surface area contributed by atoms with Crippen LogP contribution in [0.5, 0.6) is 5.75 Å². The van der Waals surface area contributed by atoms with Crippen molar-refractivity contribution in [1.82, 2.24) is 0 Å². The number of hydrogen-bond donors (Lipinski definition) is 2. The quantitative estimate of drug-likeness (QED) is 0.646. The van der Waals surface area contributed by atoms with Gasteiger partial charge < -0.3 is 10.8 Å². The smallest absolute Gasteiger partial charge is 0.123 e. The highest BCUT2D eigenvalue weighted by Gasteiger charge is 2.05.